The molecule has 3 nitrogen and oxygen atoms in total. The van der Waals surface area contributed by atoms with Crippen LogP contribution in [0.3, 0.4) is 0 Å². The maximum Gasteiger partial charge on any atom is 0.203 e. The van der Waals surface area contributed by atoms with Gasteiger partial charge >= 0.3 is 0 Å². The van der Waals surface area contributed by atoms with Gasteiger partial charge in [0.25, 0.3) is 0 Å². The molecule has 0 fully saturated rings. The predicted molar refractivity (Wildman–Crippen MR) is 82.1 cm³/mol. The van der Waals surface area contributed by atoms with E-state index in [-0.39, 0.29) is 11.3 Å². The first-order valence-corrected chi connectivity index (χ1v) is 6.87. The zero-order valence-corrected chi connectivity index (χ0v) is 13.1. The molecule has 20 heavy (non-hydrogen) atoms. The highest BCUT2D eigenvalue weighted by molar-refractivity contribution is 14.1. The van der Waals surface area contributed by atoms with Crippen molar-refractivity contribution in [3.63, 3.8) is 0 Å². The summed E-state index contributed by atoms with van der Waals surface area (Å²) in [5.41, 5.74) is 0.220. The molecule has 0 bridgehead atoms. The fourth-order valence-corrected chi connectivity index (χ4v) is 2.38. The molecule has 0 unspecified atom stereocenters. The molecule has 0 saturated carbocycles. The molecule has 0 atom stereocenters. The highest BCUT2D eigenvalue weighted by Crippen LogP contribution is 2.29. The maximum atomic E-state index is 14.0. The van der Waals surface area contributed by atoms with Crippen molar-refractivity contribution in [1.29, 1.82) is 0 Å². The highest BCUT2D eigenvalue weighted by atomic mass is 127. The van der Waals surface area contributed by atoms with Crippen LogP contribution in [-0.2, 0) is 0 Å². The Bertz CT molecular complexity index is 656. The van der Waals surface area contributed by atoms with E-state index in [0.717, 1.165) is 3.57 Å². The van der Waals surface area contributed by atoms with Crippen LogP contribution >= 0.6 is 22.6 Å². The summed E-state index contributed by atoms with van der Waals surface area (Å²) in [6, 6.07) is 9.44. The number of carbonyl (C=O) groups is 1. The van der Waals surface area contributed by atoms with Gasteiger partial charge in [0, 0.05) is 3.57 Å². The lowest BCUT2D eigenvalue weighted by atomic mass is 10.0. The second kappa shape index (κ2) is 6.21. The number of halogens is 2. The number of benzene rings is 2. The first kappa shape index (κ1) is 14.8. The van der Waals surface area contributed by atoms with Crippen LogP contribution < -0.4 is 9.47 Å². The van der Waals surface area contributed by atoms with Gasteiger partial charge in [-0.3, -0.25) is 4.79 Å². The quantitative estimate of drug-likeness (QED) is 0.594. The van der Waals surface area contributed by atoms with Crippen LogP contribution in [0.2, 0.25) is 0 Å². The number of hydrogen-bond acceptors (Lipinski definition) is 3. The second-order valence-electron chi connectivity index (χ2n) is 3.99. The standard InChI is InChI=1S/C15H12FIO3/c1-19-12-7-6-9(17)8-10(12)15(18)14-11(16)4-3-5-13(14)20-2/h3-8H,1-2H3. The summed E-state index contributed by atoms with van der Waals surface area (Å²) in [5, 5.41) is 0. The Kier molecular flexibility index (Phi) is 4.59. The van der Waals surface area contributed by atoms with Gasteiger partial charge in [-0.2, -0.15) is 0 Å². The van der Waals surface area contributed by atoms with Gasteiger partial charge in [0.2, 0.25) is 5.78 Å². The SMILES string of the molecule is COc1ccc(I)cc1C(=O)c1c(F)cccc1OC. The molecule has 0 radical (unpaired) electrons. The Balaban J connectivity index is 2.60. The Morgan fingerprint density at radius 2 is 1.80 bits per heavy atom. The predicted octanol–water partition coefficient (Wildman–Crippen LogP) is 3.68. The summed E-state index contributed by atoms with van der Waals surface area (Å²) >= 11 is 2.09. The normalized spacial score (nSPS) is 10.2. The van der Waals surface area contributed by atoms with Crippen LogP contribution in [0, 0.1) is 9.39 Å². The van der Waals surface area contributed by atoms with Gasteiger partial charge < -0.3 is 9.47 Å². The maximum absolute atomic E-state index is 14.0. The van der Waals surface area contributed by atoms with Crippen molar-refractivity contribution in [2.24, 2.45) is 0 Å². The number of carbonyl (C=O) groups excluding carboxylic acids is 1. The molecule has 2 rings (SSSR count). The number of ketones is 1. The Labute approximate surface area is 129 Å². The third kappa shape index (κ3) is 2.77. The van der Waals surface area contributed by atoms with Crippen molar-refractivity contribution >= 4 is 28.4 Å². The number of methoxy groups -OCH3 is 2. The van der Waals surface area contributed by atoms with E-state index >= 15 is 0 Å². The van der Waals surface area contributed by atoms with Crippen molar-refractivity contribution in [3.8, 4) is 11.5 Å². The van der Waals surface area contributed by atoms with E-state index in [1.54, 1.807) is 18.2 Å². The molecule has 0 aliphatic rings. The van der Waals surface area contributed by atoms with E-state index in [1.165, 1.54) is 26.4 Å². The van der Waals surface area contributed by atoms with Gasteiger partial charge in [-0.25, -0.2) is 4.39 Å². The fourth-order valence-electron chi connectivity index (χ4n) is 1.89. The van der Waals surface area contributed by atoms with E-state index < -0.39 is 11.6 Å². The molecule has 0 aliphatic heterocycles. The van der Waals surface area contributed by atoms with Crippen molar-refractivity contribution in [2.75, 3.05) is 14.2 Å². The van der Waals surface area contributed by atoms with Crippen LogP contribution in [0.1, 0.15) is 15.9 Å². The monoisotopic (exact) mass is 386 g/mol. The topological polar surface area (TPSA) is 35.5 Å². The number of rotatable bonds is 4. The molecular formula is C15H12FIO3. The minimum absolute atomic E-state index is 0.0877. The minimum Gasteiger partial charge on any atom is -0.496 e. The number of hydrogen-bond donors (Lipinski definition) is 0. The van der Waals surface area contributed by atoms with E-state index in [9.17, 15) is 9.18 Å². The minimum atomic E-state index is -0.615. The fraction of sp³-hybridized carbons (Fsp3) is 0.133. The van der Waals surface area contributed by atoms with E-state index in [1.807, 2.05) is 6.07 Å². The summed E-state index contributed by atoms with van der Waals surface area (Å²) < 4.78 is 25.1. The van der Waals surface area contributed by atoms with Crippen molar-refractivity contribution in [3.05, 3.63) is 56.9 Å². The molecule has 0 aliphatic carbocycles. The second-order valence-corrected chi connectivity index (χ2v) is 5.24. The van der Waals surface area contributed by atoms with Crippen LogP contribution in [0.25, 0.3) is 0 Å². The zero-order chi connectivity index (χ0) is 14.7. The summed E-state index contributed by atoms with van der Waals surface area (Å²) in [6.45, 7) is 0. The van der Waals surface area contributed by atoms with Gasteiger partial charge in [-0.1, -0.05) is 6.07 Å². The van der Waals surface area contributed by atoms with Crippen molar-refractivity contribution in [1.82, 2.24) is 0 Å². The lowest BCUT2D eigenvalue weighted by molar-refractivity contribution is 0.102. The van der Waals surface area contributed by atoms with Crippen LogP contribution in [-0.4, -0.2) is 20.0 Å². The van der Waals surface area contributed by atoms with E-state index in [2.05, 4.69) is 22.6 Å². The largest absolute Gasteiger partial charge is 0.496 e. The van der Waals surface area contributed by atoms with Gasteiger partial charge in [0.15, 0.2) is 0 Å². The molecule has 0 N–H and O–H groups in total. The summed E-state index contributed by atoms with van der Waals surface area (Å²) in [7, 11) is 2.87. The van der Waals surface area contributed by atoms with Crippen LogP contribution in [0.5, 0.6) is 11.5 Å². The Morgan fingerprint density at radius 1 is 1.10 bits per heavy atom. The summed E-state index contributed by atoms with van der Waals surface area (Å²) in [6.07, 6.45) is 0. The van der Waals surface area contributed by atoms with Crippen molar-refractivity contribution in [2.45, 2.75) is 0 Å². The van der Waals surface area contributed by atoms with Gasteiger partial charge in [-0.15, -0.1) is 0 Å². The van der Waals surface area contributed by atoms with Gasteiger partial charge in [0.05, 0.1) is 19.8 Å². The first-order valence-electron chi connectivity index (χ1n) is 5.79. The highest BCUT2D eigenvalue weighted by Gasteiger charge is 2.22. The molecule has 5 heteroatoms. The lowest BCUT2D eigenvalue weighted by Crippen LogP contribution is -2.09. The van der Waals surface area contributed by atoms with Gasteiger partial charge in [0.1, 0.15) is 22.9 Å². The molecule has 104 valence electrons. The summed E-state index contributed by atoms with van der Waals surface area (Å²) in [4.78, 5) is 12.6. The van der Waals surface area contributed by atoms with E-state index in [0.29, 0.717) is 11.3 Å². The van der Waals surface area contributed by atoms with Crippen LogP contribution in [0.15, 0.2) is 36.4 Å². The molecule has 0 heterocycles. The number of ether oxygens (including phenoxy) is 2. The van der Waals surface area contributed by atoms with Gasteiger partial charge in [-0.05, 0) is 52.9 Å². The third-order valence-corrected chi connectivity index (χ3v) is 3.50. The summed E-state index contributed by atoms with van der Waals surface area (Å²) in [5.74, 6) is -0.470. The molecule has 2 aromatic carbocycles. The third-order valence-electron chi connectivity index (χ3n) is 2.83. The molecule has 0 saturated heterocycles. The average molecular weight is 386 g/mol. The average Bonchev–Trinajstić information content (AvgIpc) is 2.46. The molecule has 0 spiro atoms. The smallest absolute Gasteiger partial charge is 0.203 e. The molecule has 0 aromatic heterocycles. The molecular weight excluding hydrogens is 374 g/mol. The lowest BCUT2D eigenvalue weighted by Gasteiger charge is -2.11. The van der Waals surface area contributed by atoms with Crippen LogP contribution in [0.4, 0.5) is 4.39 Å². The van der Waals surface area contributed by atoms with E-state index in [4.69, 9.17) is 9.47 Å². The molecule has 0 amide bonds. The first-order chi connectivity index (χ1) is 9.58. The molecule has 2 aromatic rings. The Morgan fingerprint density at radius 3 is 2.45 bits per heavy atom. The zero-order valence-electron chi connectivity index (χ0n) is 10.9. The van der Waals surface area contributed by atoms with Crippen molar-refractivity contribution < 1.29 is 18.7 Å². The Hall–Kier alpha value is -1.63.